The first kappa shape index (κ1) is 17.8. The van der Waals surface area contributed by atoms with E-state index in [0.717, 1.165) is 36.6 Å². The number of para-hydroxylation sites is 1. The summed E-state index contributed by atoms with van der Waals surface area (Å²) in [4.78, 5) is 0. The highest BCUT2D eigenvalue weighted by Gasteiger charge is 2.24. The van der Waals surface area contributed by atoms with Gasteiger partial charge in [-0.15, -0.1) is 24.8 Å². The van der Waals surface area contributed by atoms with Crippen molar-refractivity contribution in [3.05, 3.63) is 36.0 Å². The number of halogens is 2. The molecular weight excluding hydrogens is 309 g/mol. The van der Waals surface area contributed by atoms with Crippen LogP contribution in [0.1, 0.15) is 17.9 Å². The van der Waals surface area contributed by atoms with Gasteiger partial charge in [-0.2, -0.15) is 5.10 Å². The van der Waals surface area contributed by atoms with Crippen LogP contribution in [-0.2, 0) is 7.05 Å². The molecule has 0 saturated carbocycles. The molecule has 0 amide bonds. The second-order valence-electron chi connectivity index (χ2n) is 4.99. The van der Waals surface area contributed by atoms with Gasteiger partial charge in [-0.05, 0) is 31.2 Å². The van der Waals surface area contributed by atoms with Crippen molar-refractivity contribution >= 4 is 24.8 Å². The van der Waals surface area contributed by atoms with E-state index in [-0.39, 0.29) is 24.8 Å². The van der Waals surface area contributed by atoms with Gasteiger partial charge < -0.3 is 10.1 Å². The first-order valence-electron chi connectivity index (χ1n) is 6.70. The van der Waals surface area contributed by atoms with Crippen LogP contribution in [0.25, 0.3) is 11.3 Å². The zero-order valence-corrected chi connectivity index (χ0v) is 13.8. The van der Waals surface area contributed by atoms with Crippen molar-refractivity contribution in [1.82, 2.24) is 15.1 Å². The van der Waals surface area contributed by atoms with Crippen molar-refractivity contribution in [2.45, 2.75) is 12.3 Å². The van der Waals surface area contributed by atoms with Crippen LogP contribution in [0.4, 0.5) is 0 Å². The Balaban J connectivity index is 0.00000110. The molecular formula is C15H21Cl2N3O. The maximum Gasteiger partial charge on any atom is 0.132 e. The molecule has 1 aliphatic heterocycles. The summed E-state index contributed by atoms with van der Waals surface area (Å²) >= 11 is 0. The van der Waals surface area contributed by atoms with E-state index in [1.807, 2.05) is 31.0 Å². The topological polar surface area (TPSA) is 39.1 Å². The summed E-state index contributed by atoms with van der Waals surface area (Å²) in [6.45, 7) is 1.77. The van der Waals surface area contributed by atoms with Gasteiger partial charge in [0.05, 0.1) is 12.3 Å². The lowest BCUT2D eigenvalue weighted by Gasteiger charge is -2.27. The van der Waals surface area contributed by atoms with Gasteiger partial charge in [-0.1, -0.05) is 12.1 Å². The molecule has 0 radical (unpaired) electrons. The molecule has 1 atom stereocenters. The molecule has 21 heavy (non-hydrogen) atoms. The molecule has 0 saturated heterocycles. The Labute approximate surface area is 137 Å². The van der Waals surface area contributed by atoms with E-state index in [9.17, 15) is 0 Å². The molecule has 2 heterocycles. The summed E-state index contributed by atoms with van der Waals surface area (Å²) in [5.41, 5.74) is 3.37. The van der Waals surface area contributed by atoms with Gasteiger partial charge in [0, 0.05) is 31.3 Å². The third-order valence-electron chi connectivity index (χ3n) is 3.64. The van der Waals surface area contributed by atoms with Gasteiger partial charge in [0.25, 0.3) is 0 Å². The van der Waals surface area contributed by atoms with Crippen molar-refractivity contribution in [2.75, 3.05) is 20.2 Å². The second kappa shape index (κ2) is 7.69. The van der Waals surface area contributed by atoms with Crippen LogP contribution in [0, 0.1) is 0 Å². The number of nitrogens with zero attached hydrogens (tertiary/aromatic N) is 2. The number of rotatable bonds is 3. The molecule has 4 nitrogen and oxygen atoms in total. The summed E-state index contributed by atoms with van der Waals surface area (Å²) in [6, 6.07) is 8.38. The Hall–Kier alpha value is -1.23. The molecule has 1 aromatic carbocycles. The molecule has 1 unspecified atom stereocenters. The lowest BCUT2D eigenvalue weighted by molar-refractivity contribution is 0.267. The molecule has 0 fully saturated rings. The zero-order valence-electron chi connectivity index (χ0n) is 12.2. The van der Waals surface area contributed by atoms with Crippen LogP contribution in [-0.4, -0.2) is 30.0 Å². The minimum Gasteiger partial charge on any atom is -0.493 e. The van der Waals surface area contributed by atoms with E-state index in [1.165, 1.54) is 5.56 Å². The Morgan fingerprint density at radius 3 is 2.81 bits per heavy atom. The quantitative estimate of drug-likeness (QED) is 0.940. The van der Waals surface area contributed by atoms with Crippen LogP contribution in [0.5, 0.6) is 5.75 Å². The van der Waals surface area contributed by atoms with Crippen molar-refractivity contribution in [3.8, 4) is 17.0 Å². The van der Waals surface area contributed by atoms with Gasteiger partial charge in [0.2, 0.25) is 0 Å². The third-order valence-corrected chi connectivity index (χ3v) is 3.64. The summed E-state index contributed by atoms with van der Waals surface area (Å²) < 4.78 is 7.74. The van der Waals surface area contributed by atoms with Crippen LogP contribution < -0.4 is 10.1 Å². The maximum absolute atomic E-state index is 5.92. The Morgan fingerprint density at radius 1 is 1.33 bits per heavy atom. The highest BCUT2D eigenvalue weighted by molar-refractivity contribution is 5.85. The van der Waals surface area contributed by atoms with Gasteiger partial charge in [0.15, 0.2) is 0 Å². The first-order valence-corrected chi connectivity index (χ1v) is 6.70. The van der Waals surface area contributed by atoms with Gasteiger partial charge in [-0.3, -0.25) is 4.68 Å². The predicted molar refractivity (Wildman–Crippen MR) is 89.9 cm³/mol. The first-order chi connectivity index (χ1) is 9.29. The van der Waals surface area contributed by atoms with Crippen LogP contribution in [0.3, 0.4) is 0 Å². The van der Waals surface area contributed by atoms with E-state index in [4.69, 9.17) is 4.74 Å². The summed E-state index contributed by atoms with van der Waals surface area (Å²) in [5, 5.41) is 7.75. The number of aryl methyl sites for hydroxylation is 1. The molecule has 3 rings (SSSR count). The number of aromatic nitrogens is 2. The zero-order chi connectivity index (χ0) is 13.2. The fraction of sp³-hybridized carbons (Fsp3) is 0.400. The average molecular weight is 330 g/mol. The molecule has 1 aromatic heterocycles. The molecule has 0 aliphatic carbocycles. The van der Waals surface area contributed by atoms with Crippen molar-refractivity contribution in [1.29, 1.82) is 0 Å². The van der Waals surface area contributed by atoms with Gasteiger partial charge in [0.1, 0.15) is 5.75 Å². The fourth-order valence-electron chi connectivity index (χ4n) is 2.72. The number of hydrogen-bond donors (Lipinski definition) is 1. The molecule has 1 N–H and O–H groups in total. The summed E-state index contributed by atoms with van der Waals surface area (Å²) in [5.74, 6) is 1.53. The normalized spacial score (nSPS) is 16.2. The number of ether oxygens (including phenoxy) is 1. The molecule has 0 bridgehead atoms. The van der Waals surface area contributed by atoms with Crippen molar-refractivity contribution < 1.29 is 4.74 Å². The van der Waals surface area contributed by atoms with E-state index in [2.05, 4.69) is 28.6 Å². The Bertz CT molecular complexity index is 586. The Kier molecular flexibility index (Phi) is 6.52. The van der Waals surface area contributed by atoms with E-state index < -0.39 is 0 Å². The lowest BCUT2D eigenvalue weighted by Crippen LogP contribution is -2.23. The molecule has 1 aliphatic rings. The highest BCUT2D eigenvalue weighted by atomic mass is 35.5. The van der Waals surface area contributed by atoms with Crippen molar-refractivity contribution in [2.24, 2.45) is 7.05 Å². The number of benzene rings is 1. The van der Waals surface area contributed by atoms with Crippen molar-refractivity contribution in [3.63, 3.8) is 0 Å². The second-order valence-corrected chi connectivity index (χ2v) is 4.99. The SMILES string of the molecule is CNCC1CCOc2c(-c3ccn(C)n3)cccc21.Cl.Cl. The minimum absolute atomic E-state index is 0. The maximum atomic E-state index is 5.92. The lowest BCUT2D eigenvalue weighted by atomic mass is 9.90. The monoisotopic (exact) mass is 329 g/mol. The van der Waals surface area contributed by atoms with Crippen LogP contribution in [0.15, 0.2) is 30.5 Å². The fourth-order valence-corrected chi connectivity index (χ4v) is 2.72. The largest absolute Gasteiger partial charge is 0.493 e. The highest BCUT2D eigenvalue weighted by Crippen LogP contribution is 2.40. The molecule has 6 heteroatoms. The molecule has 0 spiro atoms. The summed E-state index contributed by atoms with van der Waals surface area (Å²) in [6.07, 6.45) is 3.03. The standard InChI is InChI=1S/C15H19N3O.2ClH/c1-16-10-11-7-9-19-15-12(11)4-3-5-13(15)14-6-8-18(2)17-14;;/h3-6,8,11,16H,7,9-10H2,1-2H3;2*1H. The predicted octanol–water partition coefficient (Wildman–Crippen LogP) is 3.02. The van der Waals surface area contributed by atoms with Gasteiger partial charge >= 0.3 is 0 Å². The number of hydrogen-bond acceptors (Lipinski definition) is 3. The van der Waals surface area contributed by atoms with Crippen LogP contribution >= 0.6 is 24.8 Å². The molecule has 116 valence electrons. The number of nitrogens with one attached hydrogen (secondary N) is 1. The average Bonchev–Trinajstić information content (AvgIpc) is 2.85. The third kappa shape index (κ3) is 3.51. The summed E-state index contributed by atoms with van der Waals surface area (Å²) in [7, 11) is 3.93. The van der Waals surface area contributed by atoms with E-state index >= 15 is 0 Å². The number of fused-ring (bicyclic) bond motifs is 1. The van der Waals surface area contributed by atoms with E-state index in [1.54, 1.807) is 0 Å². The smallest absolute Gasteiger partial charge is 0.132 e. The van der Waals surface area contributed by atoms with Crippen LogP contribution in [0.2, 0.25) is 0 Å². The minimum atomic E-state index is 0. The Morgan fingerprint density at radius 2 is 2.14 bits per heavy atom. The number of likely N-dealkylation sites (N-methyl/N-ethyl adjacent to an activating group) is 1. The van der Waals surface area contributed by atoms with E-state index in [0.29, 0.717) is 5.92 Å². The van der Waals surface area contributed by atoms with Gasteiger partial charge in [-0.25, -0.2) is 0 Å². The molecule has 2 aromatic rings.